The molecule has 3 aromatic rings. The van der Waals surface area contributed by atoms with Crippen LogP contribution in [0, 0.1) is 6.92 Å². The molecule has 0 radical (unpaired) electrons. The molecule has 2 amide bonds. The van der Waals surface area contributed by atoms with E-state index in [1.165, 1.54) is 5.56 Å². The van der Waals surface area contributed by atoms with Crippen LogP contribution in [0.1, 0.15) is 42.5 Å². The molecule has 0 aliphatic rings. The largest absolute Gasteiger partial charge is 0.352 e. The Labute approximate surface area is 214 Å². The first-order chi connectivity index (χ1) is 17.0. The van der Waals surface area contributed by atoms with Crippen LogP contribution in [-0.2, 0) is 28.3 Å². The number of thioether (sulfide) groups is 1. The van der Waals surface area contributed by atoms with Crippen molar-refractivity contribution in [3.05, 3.63) is 107 Å². The van der Waals surface area contributed by atoms with E-state index in [4.69, 9.17) is 0 Å². The number of carbonyl (C=O) groups is 2. The Balaban J connectivity index is 1.86. The zero-order chi connectivity index (χ0) is 25.0. The summed E-state index contributed by atoms with van der Waals surface area (Å²) >= 11 is 1.59. The predicted octanol–water partition coefficient (Wildman–Crippen LogP) is 5.78. The highest BCUT2D eigenvalue weighted by atomic mass is 32.2. The predicted molar refractivity (Wildman–Crippen MR) is 146 cm³/mol. The summed E-state index contributed by atoms with van der Waals surface area (Å²) in [6.07, 6.45) is 1.31. The highest BCUT2D eigenvalue weighted by molar-refractivity contribution is 7.99. The van der Waals surface area contributed by atoms with Crippen LogP contribution in [0.3, 0.4) is 0 Å². The lowest BCUT2D eigenvalue weighted by Gasteiger charge is -2.32. The van der Waals surface area contributed by atoms with E-state index < -0.39 is 6.04 Å². The Bertz CT molecular complexity index is 1070. The lowest BCUT2D eigenvalue weighted by atomic mass is 10.0. The monoisotopic (exact) mass is 488 g/mol. The molecule has 4 nitrogen and oxygen atoms in total. The van der Waals surface area contributed by atoms with Gasteiger partial charge in [0.05, 0.1) is 5.75 Å². The number of nitrogens with one attached hydrogen (secondary N) is 1. The molecule has 3 rings (SSSR count). The summed E-state index contributed by atoms with van der Waals surface area (Å²) in [7, 11) is 0. The molecule has 2 atom stereocenters. The van der Waals surface area contributed by atoms with E-state index in [1.54, 1.807) is 16.7 Å². The number of amides is 2. The third-order valence-electron chi connectivity index (χ3n) is 6.04. The van der Waals surface area contributed by atoms with E-state index in [0.29, 0.717) is 18.7 Å². The first-order valence-corrected chi connectivity index (χ1v) is 13.4. The highest BCUT2D eigenvalue weighted by Gasteiger charge is 2.30. The molecule has 1 N–H and O–H groups in total. The summed E-state index contributed by atoms with van der Waals surface area (Å²) in [6, 6.07) is 27.7. The van der Waals surface area contributed by atoms with Gasteiger partial charge < -0.3 is 10.2 Å². The van der Waals surface area contributed by atoms with E-state index in [1.807, 2.05) is 87.5 Å². The molecule has 0 spiro atoms. The molecule has 0 aromatic heterocycles. The summed E-state index contributed by atoms with van der Waals surface area (Å²) in [6.45, 7) is 6.49. The normalized spacial score (nSPS) is 12.5. The molecule has 35 heavy (non-hydrogen) atoms. The first kappa shape index (κ1) is 26.6. The highest BCUT2D eigenvalue weighted by Crippen LogP contribution is 2.19. The van der Waals surface area contributed by atoms with E-state index in [-0.39, 0.29) is 17.9 Å². The van der Waals surface area contributed by atoms with Gasteiger partial charge in [0.25, 0.3) is 0 Å². The maximum atomic E-state index is 13.6. The third-order valence-corrected chi connectivity index (χ3v) is 7.03. The van der Waals surface area contributed by atoms with Crippen molar-refractivity contribution in [1.29, 1.82) is 0 Å². The third kappa shape index (κ3) is 8.59. The lowest BCUT2D eigenvalue weighted by Crippen LogP contribution is -2.52. The number of hydrogen-bond donors (Lipinski definition) is 1. The van der Waals surface area contributed by atoms with Crippen LogP contribution in [0.4, 0.5) is 0 Å². The molecule has 3 aromatic carbocycles. The summed E-state index contributed by atoms with van der Waals surface area (Å²) in [4.78, 5) is 28.9. The van der Waals surface area contributed by atoms with Crippen LogP contribution in [0.15, 0.2) is 84.9 Å². The van der Waals surface area contributed by atoms with Crippen molar-refractivity contribution in [2.24, 2.45) is 0 Å². The standard InChI is InChI=1S/C30H36N2O2S/c1-4-24(3)31-30(34)28(19-25-13-7-5-8-14-25)32(20-27-17-11-12-23(2)18-27)29(33)22-35-21-26-15-9-6-10-16-26/h5-18,24,28H,4,19-22H2,1-3H3,(H,31,34)/t24-,28+/m1/s1. The molecule has 0 saturated heterocycles. The molecule has 0 unspecified atom stereocenters. The van der Waals surface area contributed by atoms with E-state index >= 15 is 0 Å². The van der Waals surface area contributed by atoms with Crippen molar-refractivity contribution in [2.75, 3.05) is 5.75 Å². The van der Waals surface area contributed by atoms with E-state index in [9.17, 15) is 9.59 Å². The van der Waals surface area contributed by atoms with Crippen LogP contribution in [0.5, 0.6) is 0 Å². The van der Waals surface area contributed by atoms with Crippen LogP contribution < -0.4 is 5.32 Å². The van der Waals surface area contributed by atoms with Crippen LogP contribution in [-0.4, -0.2) is 34.6 Å². The second kappa shape index (κ2) is 13.7. The van der Waals surface area contributed by atoms with Crippen LogP contribution >= 0.6 is 11.8 Å². The molecule has 184 valence electrons. The van der Waals surface area contributed by atoms with E-state index in [0.717, 1.165) is 28.9 Å². The Kier molecular flexibility index (Phi) is 10.4. The van der Waals surface area contributed by atoms with Crippen molar-refractivity contribution >= 4 is 23.6 Å². The Morgan fingerprint density at radius 1 is 0.886 bits per heavy atom. The fraction of sp³-hybridized carbons (Fsp3) is 0.333. The molecule has 0 aliphatic heterocycles. The first-order valence-electron chi connectivity index (χ1n) is 12.3. The quantitative estimate of drug-likeness (QED) is 0.351. The van der Waals surface area contributed by atoms with Gasteiger partial charge in [0.1, 0.15) is 6.04 Å². The summed E-state index contributed by atoms with van der Waals surface area (Å²) in [5.41, 5.74) is 4.39. The van der Waals surface area contributed by atoms with Crippen molar-refractivity contribution in [2.45, 2.75) is 58.0 Å². The lowest BCUT2D eigenvalue weighted by molar-refractivity contribution is -0.139. The Hall–Kier alpha value is -3.05. The van der Waals surface area contributed by atoms with Crippen molar-refractivity contribution < 1.29 is 9.59 Å². The fourth-order valence-electron chi connectivity index (χ4n) is 3.92. The van der Waals surface area contributed by atoms with Gasteiger partial charge in [-0.05, 0) is 37.0 Å². The van der Waals surface area contributed by atoms with Gasteiger partial charge in [0.2, 0.25) is 11.8 Å². The fourth-order valence-corrected chi connectivity index (χ4v) is 4.79. The molecule has 0 bridgehead atoms. The second-order valence-corrected chi connectivity index (χ2v) is 10.00. The average molecular weight is 489 g/mol. The van der Waals surface area contributed by atoms with Gasteiger partial charge in [-0.2, -0.15) is 0 Å². The number of aryl methyl sites for hydroxylation is 1. The van der Waals surface area contributed by atoms with Gasteiger partial charge in [0.15, 0.2) is 0 Å². The van der Waals surface area contributed by atoms with Gasteiger partial charge in [0, 0.05) is 24.8 Å². The summed E-state index contributed by atoms with van der Waals surface area (Å²) in [5, 5.41) is 3.12. The van der Waals surface area contributed by atoms with E-state index in [2.05, 4.69) is 23.5 Å². The zero-order valence-electron chi connectivity index (χ0n) is 20.9. The van der Waals surface area contributed by atoms with Gasteiger partial charge in [-0.25, -0.2) is 0 Å². The van der Waals surface area contributed by atoms with Crippen LogP contribution in [0.25, 0.3) is 0 Å². The Morgan fingerprint density at radius 3 is 2.14 bits per heavy atom. The van der Waals surface area contributed by atoms with Gasteiger partial charge in [-0.3, -0.25) is 9.59 Å². The number of nitrogens with zero attached hydrogens (tertiary/aromatic N) is 1. The second-order valence-electron chi connectivity index (χ2n) is 9.01. The van der Waals surface area contributed by atoms with Gasteiger partial charge >= 0.3 is 0 Å². The molecular weight excluding hydrogens is 452 g/mol. The minimum absolute atomic E-state index is 0.0207. The topological polar surface area (TPSA) is 49.4 Å². The maximum Gasteiger partial charge on any atom is 0.243 e. The SMILES string of the molecule is CC[C@@H](C)NC(=O)[C@H](Cc1ccccc1)N(Cc1cccc(C)c1)C(=O)CSCc1ccccc1. The smallest absolute Gasteiger partial charge is 0.243 e. The number of rotatable bonds is 12. The average Bonchev–Trinajstić information content (AvgIpc) is 2.87. The van der Waals surface area contributed by atoms with Gasteiger partial charge in [-0.1, -0.05) is 97.4 Å². The summed E-state index contributed by atoms with van der Waals surface area (Å²) in [5.74, 6) is 0.959. The molecule has 0 fully saturated rings. The van der Waals surface area contributed by atoms with Gasteiger partial charge in [-0.15, -0.1) is 11.8 Å². The maximum absolute atomic E-state index is 13.6. The summed E-state index contributed by atoms with van der Waals surface area (Å²) < 4.78 is 0. The zero-order valence-corrected chi connectivity index (χ0v) is 21.8. The molecule has 0 heterocycles. The number of carbonyl (C=O) groups excluding carboxylic acids is 2. The minimum atomic E-state index is -0.586. The number of benzene rings is 3. The number of hydrogen-bond acceptors (Lipinski definition) is 3. The van der Waals surface area contributed by atoms with Crippen molar-refractivity contribution in [3.63, 3.8) is 0 Å². The Morgan fingerprint density at radius 2 is 1.51 bits per heavy atom. The molecule has 5 heteroatoms. The minimum Gasteiger partial charge on any atom is -0.352 e. The molecule has 0 saturated carbocycles. The van der Waals surface area contributed by atoms with Crippen LogP contribution in [0.2, 0.25) is 0 Å². The molecular formula is C30H36N2O2S. The molecule has 0 aliphatic carbocycles. The van der Waals surface area contributed by atoms with Crippen molar-refractivity contribution in [1.82, 2.24) is 10.2 Å². The van der Waals surface area contributed by atoms with Crippen molar-refractivity contribution in [3.8, 4) is 0 Å².